The summed E-state index contributed by atoms with van der Waals surface area (Å²) in [6, 6.07) is 0. The van der Waals surface area contributed by atoms with Gasteiger partial charge in [-0.15, -0.1) is 11.3 Å². The van der Waals surface area contributed by atoms with Crippen LogP contribution in [0.5, 0.6) is 5.75 Å². The second-order valence-electron chi connectivity index (χ2n) is 4.91. The number of hydrogen-bond acceptors (Lipinski definition) is 6. The van der Waals surface area contributed by atoms with E-state index in [4.69, 9.17) is 15.2 Å². The molecule has 6 heteroatoms. The number of carbonyl (C=O) groups is 1. The summed E-state index contributed by atoms with van der Waals surface area (Å²) >= 11 is 1.43. The highest BCUT2D eigenvalue weighted by Gasteiger charge is 2.28. The lowest BCUT2D eigenvalue weighted by atomic mass is 10.1. The van der Waals surface area contributed by atoms with Gasteiger partial charge in [0.25, 0.3) is 0 Å². The molecule has 1 saturated heterocycles. The minimum absolute atomic E-state index is 0.0670. The number of ether oxygens (including phenoxy) is 2. The molecule has 0 spiro atoms. The zero-order valence-corrected chi connectivity index (χ0v) is 13.1. The normalized spacial score (nSPS) is 19.1. The molecule has 1 unspecified atom stereocenters. The summed E-state index contributed by atoms with van der Waals surface area (Å²) in [5.74, 6) is 0.695. The van der Waals surface area contributed by atoms with Gasteiger partial charge in [-0.1, -0.05) is 6.92 Å². The molecule has 2 heterocycles. The largest absolute Gasteiger partial charge is 0.492 e. The average Bonchev–Trinajstić information content (AvgIpc) is 2.83. The Labute approximate surface area is 123 Å². The van der Waals surface area contributed by atoms with E-state index in [-0.39, 0.29) is 11.9 Å². The van der Waals surface area contributed by atoms with E-state index in [9.17, 15) is 4.79 Å². The van der Waals surface area contributed by atoms with Crippen LogP contribution in [0.2, 0.25) is 0 Å². The SMILES string of the molecule is CCC(=O)c1sc(N2CCCC(OC)C2)c(OC)c1N. The molecule has 2 rings (SSSR count). The van der Waals surface area contributed by atoms with Gasteiger partial charge in [-0.2, -0.15) is 0 Å². The van der Waals surface area contributed by atoms with E-state index in [0.29, 0.717) is 22.7 Å². The van der Waals surface area contributed by atoms with Crippen molar-refractivity contribution in [1.82, 2.24) is 0 Å². The summed E-state index contributed by atoms with van der Waals surface area (Å²) in [5, 5.41) is 0.948. The van der Waals surface area contributed by atoms with Crippen LogP contribution in [0.25, 0.3) is 0 Å². The number of methoxy groups -OCH3 is 2. The number of nitrogens with two attached hydrogens (primary N) is 1. The Balaban J connectivity index is 2.33. The van der Waals surface area contributed by atoms with E-state index in [1.165, 1.54) is 11.3 Å². The van der Waals surface area contributed by atoms with Gasteiger partial charge in [0.15, 0.2) is 11.5 Å². The van der Waals surface area contributed by atoms with Crippen LogP contribution >= 0.6 is 11.3 Å². The van der Waals surface area contributed by atoms with Crippen molar-refractivity contribution >= 4 is 27.8 Å². The molecule has 1 aromatic rings. The van der Waals surface area contributed by atoms with Gasteiger partial charge in [-0.05, 0) is 12.8 Å². The highest BCUT2D eigenvalue weighted by atomic mass is 32.1. The van der Waals surface area contributed by atoms with Crippen LogP contribution in [0, 0.1) is 0 Å². The molecule has 0 bridgehead atoms. The zero-order chi connectivity index (χ0) is 14.7. The topological polar surface area (TPSA) is 64.8 Å². The quantitative estimate of drug-likeness (QED) is 0.846. The lowest BCUT2D eigenvalue weighted by Crippen LogP contribution is -2.38. The fourth-order valence-electron chi connectivity index (χ4n) is 2.50. The van der Waals surface area contributed by atoms with E-state index in [1.807, 2.05) is 6.92 Å². The van der Waals surface area contributed by atoms with Crippen molar-refractivity contribution in [2.24, 2.45) is 0 Å². The summed E-state index contributed by atoms with van der Waals surface area (Å²) < 4.78 is 10.9. The van der Waals surface area contributed by atoms with Gasteiger partial charge in [0, 0.05) is 26.6 Å². The van der Waals surface area contributed by atoms with Crippen LogP contribution in [-0.2, 0) is 4.74 Å². The minimum Gasteiger partial charge on any atom is -0.492 e. The number of ketones is 1. The number of Topliss-reactive ketones (excluding diaryl/α,β-unsaturated/α-hetero) is 1. The Bertz CT molecular complexity index is 487. The number of thiophene rings is 1. The average molecular weight is 298 g/mol. The van der Waals surface area contributed by atoms with Crippen molar-refractivity contribution in [3.63, 3.8) is 0 Å². The molecule has 1 aliphatic heterocycles. The number of nitrogens with zero attached hydrogens (tertiary/aromatic N) is 1. The van der Waals surface area contributed by atoms with Crippen LogP contribution in [0.3, 0.4) is 0 Å². The first-order chi connectivity index (χ1) is 9.62. The fourth-order valence-corrected chi connectivity index (χ4v) is 3.74. The monoisotopic (exact) mass is 298 g/mol. The standard InChI is InChI=1S/C14H22N2O3S/c1-4-10(17)13-11(15)12(19-3)14(20-13)16-7-5-6-9(8-16)18-2/h9H,4-8,15H2,1-3H3. The number of carbonyl (C=O) groups excluding carboxylic acids is 1. The van der Waals surface area contributed by atoms with Crippen LogP contribution < -0.4 is 15.4 Å². The first-order valence-electron chi connectivity index (χ1n) is 6.89. The van der Waals surface area contributed by atoms with Gasteiger partial charge >= 0.3 is 0 Å². The van der Waals surface area contributed by atoms with Gasteiger partial charge < -0.3 is 20.1 Å². The fraction of sp³-hybridized carbons (Fsp3) is 0.643. The van der Waals surface area contributed by atoms with E-state index < -0.39 is 0 Å². The maximum absolute atomic E-state index is 12.0. The number of rotatable bonds is 5. The minimum atomic E-state index is 0.0670. The van der Waals surface area contributed by atoms with Crippen molar-refractivity contribution in [2.75, 3.05) is 37.9 Å². The first kappa shape index (κ1) is 15.1. The Morgan fingerprint density at radius 2 is 2.25 bits per heavy atom. The van der Waals surface area contributed by atoms with Crippen LogP contribution in [0.1, 0.15) is 35.9 Å². The van der Waals surface area contributed by atoms with Gasteiger partial charge in [-0.25, -0.2) is 0 Å². The summed E-state index contributed by atoms with van der Waals surface area (Å²) in [6.07, 6.45) is 2.81. The van der Waals surface area contributed by atoms with Crippen molar-refractivity contribution in [1.29, 1.82) is 0 Å². The number of anilines is 2. The molecular formula is C14H22N2O3S. The van der Waals surface area contributed by atoms with E-state index in [0.717, 1.165) is 30.9 Å². The van der Waals surface area contributed by atoms with E-state index in [1.54, 1.807) is 14.2 Å². The van der Waals surface area contributed by atoms with Gasteiger partial charge in [0.05, 0.1) is 23.8 Å². The van der Waals surface area contributed by atoms with E-state index in [2.05, 4.69) is 4.90 Å². The van der Waals surface area contributed by atoms with Crippen molar-refractivity contribution in [2.45, 2.75) is 32.3 Å². The molecule has 0 radical (unpaired) electrons. The third kappa shape index (κ3) is 2.76. The maximum Gasteiger partial charge on any atom is 0.177 e. The second-order valence-corrected chi connectivity index (χ2v) is 5.91. The summed E-state index contributed by atoms with van der Waals surface area (Å²) in [5.41, 5.74) is 6.54. The predicted molar refractivity (Wildman–Crippen MR) is 82.1 cm³/mol. The second kappa shape index (κ2) is 6.45. The number of nitrogen functional groups attached to an aromatic ring is 1. The predicted octanol–water partition coefficient (Wildman–Crippen LogP) is 2.55. The molecule has 2 N–H and O–H groups in total. The Morgan fingerprint density at radius 1 is 1.50 bits per heavy atom. The first-order valence-corrected chi connectivity index (χ1v) is 7.71. The molecule has 1 atom stereocenters. The Kier molecular flexibility index (Phi) is 4.88. The molecule has 1 aliphatic rings. The van der Waals surface area contributed by atoms with Crippen LogP contribution in [0.15, 0.2) is 0 Å². The summed E-state index contributed by atoms with van der Waals surface area (Å²) in [7, 11) is 3.33. The molecule has 20 heavy (non-hydrogen) atoms. The molecule has 0 saturated carbocycles. The molecule has 0 aromatic carbocycles. The number of hydrogen-bond donors (Lipinski definition) is 1. The summed E-state index contributed by atoms with van der Waals surface area (Å²) in [4.78, 5) is 14.8. The maximum atomic E-state index is 12.0. The highest BCUT2D eigenvalue weighted by molar-refractivity contribution is 7.19. The lowest BCUT2D eigenvalue weighted by Gasteiger charge is -2.32. The number of piperidine rings is 1. The molecular weight excluding hydrogens is 276 g/mol. The lowest BCUT2D eigenvalue weighted by molar-refractivity contribution is 0.0894. The molecule has 5 nitrogen and oxygen atoms in total. The Hall–Kier alpha value is -1.27. The van der Waals surface area contributed by atoms with Gasteiger partial charge in [0.2, 0.25) is 0 Å². The van der Waals surface area contributed by atoms with Crippen molar-refractivity contribution < 1.29 is 14.3 Å². The smallest absolute Gasteiger partial charge is 0.177 e. The molecule has 1 fully saturated rings. The van der Waals surface area contributed by atoms with Gasteiger partial charge in [0.1, 0.15) is 5.00 Å². The van der Waals surface area contributed by atoms with Gasteiger partial charge in [-0.3, -0.25) is 4.79 Å². The van der Waals surface area contributed by atoms with Crippen molar-refractivity contribution in [3.05, 3.63) is 4.88 Å². The van der Waals surface area contributed by atoms with E-state index >= 15 is 0 Å². The highest BCUT2D eigenvalue weighted by Crippen LogP contribution is 2.45. The Morgan fingerprint density at radius 3 is 2.85 bits per heavy atom. The summed E-state index contributed by atoms with van der Waals surface area (Å²) in [6.45, 7) is 3.60. The molecule has 0 aliphatic carbocycles. The van der Waals surface area contributed by atoms with Crippen molar-refractivity contribution in [3.8, 4) is 5.75 Å². The molecule has 0 amide bonds. The third-order valence-electron chi connectivity index (χ3n) is 3.66. The zero-order valence-electron chi connectivity index (χ0n) is 12.3. The third-order valence-corrected chi connectivity index (χ3v) is 4.95. The molecule has 1 aromatic heterocycles. The molecule has 112 valence electrons. The van der Waals surface area contributed by atoms with Crippen LogP contribution in [0.4, 0.5) is 10.7 Å². The van der Waals surface area contributed by atoms with Crippen LogP contribution in [-0.4, -0.2) is 39.2 Å².